The van der Waals surface area contributed by atoms with Crippen molar-refractivity contribution in [3.8, 4) is 0 Å². The lowest BCUT2D eigenvalue weighted by molar-refractivity contribution is 0.0337. The van der Waals surface area contributed by atoms with E-state index < -0.39 is 0 Å². The van der Waals surface area contributed by atoms with Crippen LogP contribution < -0.4 is 0 Å². The van der Waals surface area contributed by atoms with Crippen molar-refractivity contribution < 1.29 is 9.52 Å². The van der Waals surface area contributed by atoms with E-state index in [2.05, 4.69) is 18.9 Å². The third-order valence-corrected chi connectivity index (χ3v) is 4.16. The molecule has 1 aromatic heterocycles. The molecule has 102 valence electrons. The van der Waals surface area contributed by atoms with Gasteiger partial charge in [-0.2, -0.15) is 0 Å². The van der Waals surface area contributed by atoms with Crippen LogP contribution in [-0.4, -0.2) is 29.7 Å². The normalized spacial score (nSPS) is 28.8. The van der Waals surface area contributed by atoms with Gasteiger partial charge in [-0.05, 0) is 51.1 Å². The van der Waals surface area contributed by atoms with Crippen LogP contribution in [0.5, 0.6) is 0 Å². The first-order valence-corrected chi connectivity index (χ1v) is 6.96. The van der Waals surface area contributed by atoms with Crippen LogP contribution in [0, 0.1) is 18.8 Å². The number of aliphatic hydroxyl groups excluding tert-OH is 1. The minimum Gasteiger partial charge on any atom is -0.469 e. The van der Waals surface area contributed by atoms with E-state index in [-0.39, 0.29) is 6.10 Å². The molecule has 3 unspecified atom stereocenters. The monoisotopic (exact) mass is 251 g/mol. The van der Waals surface area contributed by atoms with Crippen molar-refractivity contribution in [3.63, 3.8) is 0 Å². The van der Waals surface area contributed by atoms with Gasteiger partial charge >= 0.3 is 0 Å². The predicted octanol–water partition coefficient (Wildman–Crippen LogP) is 2.82. The molecule has 2 rings (SSSR count). The Labute approximate surface area is 110 Å². The van der Waals surface area contributed by atoms with E-state index in [9.17, 15) is 5.11 Å². The zero-order valence-corrected chi connectivity index (χ0v) is 11.7. The van der Waals surface area contributed by atoms with Crippen LogP contribution in [0.2, 0.25) is 0 Å². The maximum atomic E-state index is 10.1. The summed E-state index contributed by atoms with van der Waals surface area (Å²) in [6.45, 7) is 6.16. The van der Waals surface area contributed by atoms with Crippen molar-refractivity contribution >= 4 is 0 Å². The summed E-state index contributed by atoms with van der Waals surface area (Å²) in [6, 6.07) is 2.03. The van der Waals surface area contributed by atoms with Gasteiger partial charge in [-0.25, -0.2) is 0 Å². The third-order valence-electron chi connectivity index (χ3n) is 4.16. The molecule has 1 N–H and O–H groups in total. The highest BCUT2D eigenvalue weighted by Gasteiger charge is 2.27. The lowest BCUT2D eigenvalue weighted by atomic mass is 9.80. The van der Waals surface area contributed by atoms with Crippen LogP contribution in [-0.2, 0) is 6.54 Å². The molecule has 1 fully saturated rings. The molecule has 3 nitrogen and oxygen atoms in total. The van der Waals surface area contributed by atoms with Gasteiger partial charge in [0.15, 0.2) is 0 Å². The average molecular weight is 251 g/mol. The van der Waals surface area contributed by atoms with Crippen LogP contribution in [0.3, 0.4) is 0 Å². The predicted molar refractivity (Wildman–Crippen MR) is 72.3 cm³/mol. The van der Waals surface area contributed by atoms with Gasteiger partial charge in [0.1, 0.15) is 5.76 Å². The second-order valence-electron chi connectivity index (χ2n) is 5.94. The molecule has 18 heavy (non-hydrogen) atoms. The first-order chi connectivity index (χ1) is 8.56. The van der Waals surface area contributed by atoms with Crippen LogP contribution in [0.15, 0.2) is 16.7 Å². The highest BCUT2D eigenvalue weighted by atomic mass is 16.3. The molecule has 3 atom stereocenters. The minimum absolute atomic E-state index is 0.117. The lowest BCUT2D eigenvalue weighted by Gasteiger charge is -2.34. The summed E-state index contributed by atoms with van der Waals surface area (Å²) in [5, 5.41) is 10.1. The summed E-state index contributed by atoms with van der Waals surface area (Å²) in [6.07, 6.45) is 4.91. The van der Waals surface area contributed by atoms with E-state index in [0.717, 1.165) is 37.6 Å². The molecule has 3 heteroatoms. The molecule has 0 saturated heterocycles. The summed E-state index contributed by atoms with van der Waals surface area (Å²) in [7, 11) is 2.12. The summed E-state index contributed by atoms with van der Waals surface area (Å²) < 4.78 is 5.32. The van der Waals surface area contributed by atoms with E-state index in [0.29, 0.717) is 5.92 Å². The molecule has 1 aromatic rings. The standard InChI is InChI=1S/C15H25NO2/c1-11-4-5-15(17)14(8-11)10-16(3)9-13-6-7-18-12(13)2/h6-7,11,14-15,17H,4-5,8-10H2,1-3H3. The average Bonchev–Trinajstić information content (AvgIpc) is 2.70. The lowest BCUT2D eigenvalue weighted by Crippen LogP contribution is -2.36. The molecule has 1 saturated carbocycles. The Morgan fingerprint density at radius 1 is 1.44 bits per heavy atom. The zero-order valence-electron chi connectivity index (χ0n) is 11.7. The highest BCUT2D eigenvalue weighted by molar-refractivity contribution is 5.15. The topological polar surface area (TPSA) is 36.6 Å². The van der Waals surface area contributed by atoms with Gasteiger partial charge in [0.05, 0.1) is 12.4 Å². The van der Waals surface area contributed by atoms with Gasteiger partial charge < -0.3 is 14.4 Å². The maximum absolute atomic E-state index is 10.1. The maximum Gasteiger partial charge on any atom is 0.105 e. The van der Waals surface area contributed by atoms with E-state index in [1.54, 1.807) is 6.26 Å². The van der Waals surface area contributed by atoms with E-state index in [1.165, 1.54) is 12.0 Å². The van der Waals surface area contributed by atoms with Crippen molar-refractivity contribution in [1.82, 2.24) is 4.90 Å². The third kappa shape index (κ3) is 3.36. The van der Waals surface area contributed by atoms with Crippen molar-refractivity contribution in [2.75, 3.05) is 13.6 Å². The highest BCUT2D eigenvalue weighted by Crippen LogP contribution is 2.29. The number of furan rings is 1. The first-order valence-electron chi connectivity index (χ1n) is 6.96. The number of hydrogen-bond donors (Lipinski definition) is 1. The molecule has 0 aromatic carbocycles. The number of aryl methyl sites for hydroxylation is 1. The van der Waals surface area contributed by atoms with E-state index in [4.69, 9.17) is 4.42 Å². The number of aliphatic hydroxyl groups is 1. The largest absolute Gasteiger partial charge is 0.469 e. The van der Waals surface area contributed by atoms with Crippen LogP contribution >= 0.6 is 0 Å². The summed E-state index contributed by atoms with van der Waals surface area (Å²) >= 11 is 0. The molecular weight excluding hydrogens is 226 g/mol. The Morgan fingerprint density at radius 2 is 2.22 bits per heavy atom. The van der Waals surface area contributed by atoms with E-state index >= 15 is 0 Å². The molecular formula is C15H25NO2. The molecule has 1 aliphatic rings. The van der Waals surface area contributed by atoms with Gasteiger partial charge in [0.2, 0.25) is 0 Å². The SMILES string of the molecule is Cc1occc1CN(C)CC1CC(C)CCC1O. The quantitative estimate of drug-likeness (QED) is 0.894. The van der Waals surface area contributed by atoms with Crippen LogP contribution in [0.25, 0.3) is 0 Å². The van der Waals surface area contributed by atoms with Crippen molar-refractivity contribution in [1.29, 1.82) is 0 Å². The fourth-order valence-electron chi connectivity index (χ4n) is 3.01. The summed E-state index contributed by atoms with van der Waals surface area (Å²) in [5.74, 6) is 2.17. The Hall–Kier alpha value is -0.800. The molecule has 0 amide bonds. The van der Waals surface area contributed by atoms with Crippen molar-refractivity contribution in [3.05, 3.63) is 23.7 Å². The van der Waals surface area contributed by atoms with Gasteiger partial charge in [-0.1, -0.05) is 6.92 Å². The summed E-state index contributed by atoms with van der Waals surface area (Å²) in [5.41, 5.74) is 1.25. The number of rotatable bonds is 4. The van der Waals surface area contributed by atoms with Crippen LogP contribution in [0.4, 0.5) is 0 Å². The Balaban J connectivity index is 1.86. The fraction of sp³-hybridized carbons (Fsp3) is 0.733. The van der Waals surface area contributed by atoms with E-state index in [1.807, 2.05) is 13.0 Å². The number of nitrogens with zero attached hydrogens (tertiary/aromatic N) is 1. The molecule has 0 spiro atoms. The van der Waals surface area contributed by atoms with Gasteiger partial charge in [-0.15, -0.1) is 0 Å². The molecule has 1 aliphatic carbocycles. The first kappa shape index (κ1) is 13.6. The molecule has 0 radical (unpaired) electrons. The smallest absolute Gasteiger partial charge is 0.105 e. The van der Waals surface area contributed by atoms with Crippen molar-refractivity contribution in [2.45, 2.75) is 45.8 Å². The van der Waals surface area contributed by atoms with Crippen molar-refractivity contribution in [2.24, 2.45) is 11.8 Å². The Bertz CT molecular complexity index is 374. The Kier molecular flexibility index (Phi) is 4.46. The van der Waals surface area contributed by atoms with Gasteiger partial charge in [0, 0.05) is 18.7 Å². The zero-order chi connectivity index (χ0) is 13.1. The minimum atomic E-state index is -0.117. The molecule has 0 bridgehead atoms. The Morgan fingerprint density at radius 3 is 2.89 bits per heavy atom. The van der Waals surface area contributed by atoms with Crippen LogP contribution in [0.1, 0.15) is 37.5 Å². The fourth-order valence-corrected chi connectivity index (χ4v) is 3.01. The second-order valence-corrected chi connectivity index (χ2v) is 5.94. The molecule has 1 heterocycles. The number of hydrogen-bond acceptors (Lipinski definition) is 3. The molecule has 0 aliphatic heterocycles. The summed E-state index contributed by atoms with van der Waals surface area (Å²) in [4.78, 5) is 2.30. The van der Waals surface area contributed by atoms with Gasteiger partial charge in [0.25, 0.3) is 0 Å². The second kappa shape index (κ2) is 5.89. The van der Waals surface area contributed by atoms with Gasteiger partial charge in [-0.3, -0.25) is 0 Å².